The molecule has 0 saturated heterocycles. The van der Waals surface area contributed by atoms with Crippen molar-refractivity contribution in [3.8, 4) is 0 Å². The van der Waals surface area contributed by atoms with Gasteiger partial charge in [0.15, 0.2) is 11.1 Å². The monoisotopic (exact) mass is 226 g/mol. The molecule has 1 unspecified atom stereocenters. The number of aromatic amines is 1. The fourth-order valence-corrected chi connectivity index (χ4v) is 1.86. The number of H-pyrrole nitrogens is 1. The summed E-state index contributed by atoms with van der Waals surface area (Å²) in [5.74, 6) is 0. The summed E-state index contributed by atoms with van der Waals surface area (Å²) in [4.78, 5) is 12.9. The van der Waals surface area contributed by atoms with Crippen LogP contribution in [0.25, 0.3) is 10.9 Å². The number of rotatable bonds is 2. The van der Waals surface area contributed by atoms with Crippen LogP contribution in [0, 0.1) is 10.1 Å². The van der Waals surface area contributed by atoms with Crippen LogP contribution in [0.1, 0.15) is 0 Å². The van der Waals surface area contributed by atoms with Crippen molar-refractivity contribution in [2.75, 3.05) is 0 Å². The minimum atomic E-state index is -2.15. The summed E-state index contributed by atoms with van der Waals surface area (Å²) in [6, 6.07) is 4.11. The smallest absolute Gasteiger partial charge is 0.270 e. The Kier molecular flexibility index (Phi) is 2.25. The molecule has 0 amide bonds. The molecule has 0 radical (unpaired) electrons. The molecule has 78 valence electrons. The van der Waals surface area contributed by atoms with Gasteiger partial charge in [-0.2, -0.15) is 0 Å². The first-order valence-corrected chi connectivity index (χ1v) is 5.06. The predicted molar refractivity (Wildman–Crippen MR) is 54.0 cm³/mol. The van der Waals surface area contributed by atoms with E-state index in [-0.39, 0.29) is 10.6 Å². The first-order chi connectivity index (χ1) is 7.09. The molecule has 0 aliphatic rings. The molecular formula is C8H6N2O4S. The van der Waals surface area contributed by atoms with Gasteiger partial charge >= 0.3 is 0 Å². The van der Waals surface area contributed by atoms with E-state index in [0.29, 0.717) is 10.9 Å². The number of nitro benzene ring substituents is 1. The third-order valence-corrected chi connectivity index (χ3v) is 2.74. The van der Waals surface area contributed by atoms with Gasteiger partial charge in [0.05, 0.1) is 9.82 Å². The number of hydrogen-bond donors (Lipinski definition) is 2. The average molecular weight is 226 g/mol. The highest BCUT2D eigenvalue weighted by Crippen LogP contribution is 2.25. The van der Waals surface area contributed by atoms with E-state index in [0.717, 1.165) is 0 Å². The molecule has 0 saturated carbocycles. The van der Waals surface area contributed by atoms with E-state index in [1.807, 2.05) is 0 Å². The van der Waals surface area contributed by atoms with Gasteiger partial charge in [0.25, 0.3) is 5.69 Å². The van der Waals surface area contributed by atoms with Crippen molar-refractivity contribution in [1.29, 1.82) is 0 Å². The largest absolute Gasteiger partial charge is 0.360 e. The second kappa shape index (κ2) is 3.44. The van der Waals surface area contributed by atoms with Gasteiger partial charge in [-0.3, -0.25) is 10.1 Å². The molecule has 7 heteroatoms. The highest BCUT2D eigenvalue weighted by Gasteiger charge is 2.12. The Morgan fingerprint density at radius 1 is 1.47 bits per heavy atom. The molecule has 2 aromatic rings. The average Bonchev–Trinajstić information content (AvgIpc) is 2.59. The van der Waals surface area contributed by atoms with Crippen LogP contribution in [0.5, 0.6) is 0 Å². The minimum absolute atomic E-state index is 0.103. The molecular weight excluding hydrogens is 220 g/mol. The fourth-order valence-electron chi connectivity index (χ4n) is 1.34. The van der Waals surface area contributed by atoms with Gasteiger partial charge in [-0.05, 0) is 6.07 Å². The van der Waals surface area contributed by atoms with Gasteiger partial charge in [-0.1, -0.05) is 0 Å². The van der Waals surface area contributed by atoms with Crippen molar-refractivity contribution >= 4 is 27.7 Å². The molecule has 1 aromatic heterocycles. The van der Waals surface area contributed by atoms with Gasteiger partial charge < -0.3 is 9.54 Å². The van der Waals surface area contributed by atoms with Gasteiger partial charge in [0, 0.05) is 29.2 Å². The molecule has 2 N–H and O–H groups in total. The highest BCUT2D eigenvalue weighted by molar-refractivity contribution is 7.79. The van der Waals surface area contributed by atoms with E-state index in [9.17, 15) is 14.3 Å². The maximum atomic E-state index is 10.9. The zero-order valence-corrected chi connectivity index (χ0v) is 8.15. The van der Waals surface area contributed by atoms with Crippen LogP contribution in [0.4, 0.5) is 5.69 Å². The lowest BCUT2D eigenvalue weighted by Crippen LogP contribution is -1.89. The summed E-state index contributed by atoms with van der Waals surface area (Å²) in [7, 11) is 0. The van der Waals surface area contributed by atoms with Crippen molar-refractivity contribution in [3.05, 3.63) is 34.5 Å². The fraction of sp³-hybridized carbons (Fsp3) is 0. The van der Waals surface area contributed by atoms with E-state index >= 15 is 0 Å². The Hall–Kier alpha value is -1.73. The van der Waals surface area contributed by atoms with E-state index < -0.39 is 16.0 Å². The molecule has 1 aromatic carbocycles. The molecule has 0 fully saturated rings. The Labute approximate surface area is 86.4 Å². The summed E-state index contributed by atoms with van der Waals surface area (Å²) < 4.78 is 19.8. The molecule has 1 heterocycles. The Morgan fingerprint density at radius 2 is 2.20 bits per heavy atom. The topological polar surface area (TPSA) is 96.2 Å². The van der Waals surface area contributed by atoms with Gasteiger partial charge in [0.1, 0.15) is 0 Å². The normalized spacial score (nSPS) is 12.9. The summed E-state index contributed by atoms with van der Waals surface area (Å²) >= 11 is -2.15. The number of hydrogen-bond acceptors (Lipinski definition) is 3. The Balaban J connectivity index is 2.72. The van der Waals surface area contributed by atoms with Crippen LogP contribution < -0.4 is 0 Å². The van der Waals surface area contributed by atoms with Crippen molar-refractivity contribution in [2.24, 2.45) is 0 Å². The zero-order valence-electron chi connectivity index (χ0n) is 7.34. The van der Waals surface area contributed by atoms with Crippen LogP contribution in [0.3, 0.4) is 0 Å². The summed E-state index contributed by atoms with van der Waals surface area (Å²) in [5.41, 5.74) is 0.492. The second-order valence-electron chi connectivity index (χ2n) is 2.89. The van der Waals surface area contributed by atoms with Crippen molar-refractivity contribution < 1.29 is 13.7 Å². The number of benzene rings is 1. The lowest BCUT2D eigenvalue weighted by molar-refractivity contribution is -0.384. The van der Waals surface area contributed by atoms with Crippen molar-refractivity contribution in [2.45, 2.75) is 4.90 Å². The first-order valence-electron chi connectivity index (χ1n) is 3.96. The van der Waals surface area contributed by atoms with Gasteiger partial charge in [-0.15, -0.1) is 0 Å². The van der Waals surface area contributed by atoms with Crippen LogP contribution >= 0.6 is 0 Å². The summed E-state index contributed by atoms with van der Waals surface area (Å²) in [6.07, 6.45) is 1.37. The van der Waals surface area contributed by atoms with E-state index in [1.165, 1.54) is 24.4 Å². The first kappa shape index (κ1) is 9.81. The molecule has 2 rings (SSSR count). The summed E-state index contributed by atoms with van der Waals surface area (Å²) in [5, 5.41) is 10.9. The number of aromatic nitrogens is 1. The van der Waals surface area contributed by atoms with Crippen LogP contribution in [0.2, 0.25) is 0 Å². The number of fused-ring (bicyclic) bond motifs is 1. The number of nitrogens with one attached hydrogen (secondary N) is 1. The number of non-ortho nitro benzene ring substituents is 1. The van der Waals surface area contributed by atoms with Crippen molar-refractivity contribution in [1.82, 2.24) is 4.98 Å². The quantitative estimate of drug-likeness (QED) is 0.462. The van der Waals surface area contributed by atoms with E-state index in [1.54, 1.807) is 0 Å². The predicted octanol–water partition coefficient (Wildman–Crippen LogP) is 1.66. The molecule has 6 nitrogen and oxygen atoms in total. The number of nitrogens with zero attached hydrogens (tertiary/aromatic N) is 1. The second-order valence-corrected chi connectivity index (χ2v) is 3.83. The molecule has 1 atom stereocenters. The molecule has 0 spiro atoms. The SMILES string of the molecule is O=[N+]([O-])c1ccc2[nH]cc(S(=O)O)c2c1. The van der Waals surface area contributed by atoms with Gasteiger partial charge in [0.2, 0.25) is 0 Å². The minimum Gasteiger partial charge on any atom is -0.360 e. The third kappa shape index (κ3) is 1.62. The standard InChI is InChI=1S/C8H6N2O4S/c11-10(12)5-1-2-7-6(3-5)8(4-9-7)15(13)14/h1-4,9H,(H,13,14). The molecule has 15 heavy (non-hydrogen) atoms. The van der Waals surface area contributed by atoms with Crippen LogP contribution in [-0.2, 0) is 11.1 Å². The summed E-state index contributed by atoms with van der Waals surface area (Å²) in [6.45, 7) is 0. The third-order valence-electron chi connectivity index (χ3n) is 2.03. The highest BCUT2D eigenvalue weighted by atomic mass is 32.2. The molecule has 0 bridgehead atoms. The molecule has 0 aliphatic carbocycles. The lowest BCUT2D eigenvalue weighted by Gasteiger charge is -1.93. The van der Waals surface area contributed by atoms with Crippen molar-refractivity contribution in [3.63, 3.8) is 0 Å². The van der Waals surface area contributed by atoms with Crippen LogP contribution in [-0.4, -0.2) is 18.7 Å². The Morgan fingerprint density at radius 3 is 2.80 bits per heavy atom. The number of nitro groups is 1. The maximum absolute atomic E-state index is 10.9. The maximum Gasteiger partial charge on any atom is 0.270 e. The van der Waals surface area contributed by atoms with E-state index in [4.69, 9.17) is 4.55 Å². The van der Waals surface area contributed by atoms with Crippen LogP contribution in [0.15, 0.2) is 29.3 Å². The molecule has 0 aliphatic heterocycles. The lowest BCUT2D eigenvalue weighted by atomic mass is 10.2. The zero-order chi connectivity index (χ0) is 11.0. The Bertz CT molecular complexity index is 563. The van der Waals surface area contributed by atoms with Gasteiger partial charge in [-0.25, -0.2) is 4.21 Å². The van der Waals surface area contributed by atoms with E-state index in [2.05, 4.69) is 4.98 Å².